The van der Waals surface area contributed by atoms with E-state index in [4.69, 9.17) is 0 Å². The van der Waals surface area contributed by atoms with Gasteiger partial charge in [-0.25, -0.2) is 0 Å². The van der Waals surface area contributed by atoms with Crippen LogP contribution in [0.4, 0.5) is 11.4 Å². The van der Waals surface area contributed by atoms with Crippen LogP contribution in [0.3, 0.4) is 0 Å². The fourth-order valence-electron chi connectivity index (χ4n) is 10.8. The van der Waals surface area contributed by atoms with Crippen molar-refractivity contribution in [1.82, 2.24) is 4.57 Å². The molecule has 0 spiro atoms. The molecular formula is C50H40N2. The molecule has 2 heteroatoms. The monoisotopic (exact) mass is 668 g/mol. The van der Waals surface area contributed by atoms with Crippen LogP contribution in [0.5, 0.6) is 0 Å². The lowest BCUT2D eigenvalue weighted by Crippen LogP contribution is -2.57. The van der Waals surface area contributed by atoms with Crippen molar-refractivity contribution in [3.8, 4) is 16.8 Å². The second-order valence-electron chi connectivity index (χ2n) is 15.8. The Balaban J connectivity index is 1.16. The third kappa shape index (κ3) is 3.60. The summed E-state index contributed by atoms with van der Waals surface area (Å²) < 4.78 is 2.44. The van der Waals surface area contributed by atoms with Crippen LogP contribution in [0.1, 0.15) is 44.4 Å². The first-order chi connectivity index (χ1) is 25.3. The van der Waals surface area contributed by atoms with Crippen molar-refractivity contribution < 1.29 is 0 Å². The number of rotatable bonds is 3. The molecule has 6 aromatic carbocycles. The molecule has 0 radical (unpaired) electrons. The number of fused-ring (bicyclic) bond motifs is 9. The summed E-state index contributed by atoms with van der Waals surface area (Å²) in [7, 11) is 0. The molecular weight excluding hydrogens is 629 g/mol. The number of allylic oxidation sites excluding steroid dienone is 4. The standard InChI is InChI=1S/C50H40N2/c1-32-28-29-48(2)40-18-10-13-21-45(40)52-44-20-12-9-17-38(44)41-31-49(3,46(32)47(48)50(41,52)4)35-24-27-43-39(30-35)37-16-8-11-19-42(37)51(43)36-25-22-34(23-26-36)33-14-6-5-7-15-33/h5-32H,1-4H3. The summed E-state index contributed by atoms with van der Waals surface area (Å²) in [6, 6.07) is 54.1. The van der Waals surface area contributed by atoms with Gasteiger partial charge in [-0.2, -0.15) is 0 Å². The highest BCUT2D eigenvalue weighted by Gasteiger charge is 2.62. The Morgan fingerprint density at radius 1 is 0.577 bits per heavy atom. The first-order valence-electron chi connectivity index (χ1n) is 18.7. The van der Waals surface area contributed by atoms with Gasteiger partial charge in [0.2, 0.25) is 0 Å². The topological polar surface area (TPSA) is 8.17 Å². The van der Waals surface area contributed by atoms with E-state index in [0.29, 0.717) is 5.92 Å². The molecule has 2 aliphatic heterocycles. The lowest BCUT2D eigenvalue weighted by molar-refractivity contribution is 0.457. The molecule has 4 unspecified atom stereocenters. The minimum Gasteiger partial charge on any atom is -0.327 e. The Kier molecular flexibility index (Phi) is 5.82. The number of anilines is 2. The van der Waals surface area contributed by atoms with Crippen molar-refractivity contribution in [3.63, 3.8) is 0 Å². The fraction of sp³-hybridized carbons (Fsp3) is 0.160. The van der Waals surface area contributed by atoms with Gasteiger partial charge >= 0.3 is 0 Å². The van der Waals surface area contributed by atoms with Crippen molar-refractivity contribution >= 4 is 38.8 Å². The zero-order valence-electron chi connectivity index (χ0n) is 30.1. The Morgan fingerprint density at radius 2 is 1.25 bits per heavy atom. The molecule has 1 aromatic heterocycles. The van der Waals surface area contributed by atoms with Gasteiger partial charge in [0.25, 0.3) is 0 Å². The van der Waals surface area contributed by atoms with Gasteiger partial charge in [-0.1, -0.05) is 128 Å². The van der Waals surface area contributed by atoms with E-state index in [9.17, 15) is 0 Å². The molecule has 4 atom stereocenters. The minimum atomic E-state index is -0.320. The van der Waals surface area contributed by atoms with Crippen molar-refractivity contribution in [1.29, 1.82) is 0 Å². The van der Waals surface area contributed by atoms with Crippen molar-refractivity contribution in [2.24, 2.45) is 5.92 Å². The predicted octanol–water partition coefficient (Wildman–Crippen LogP) is 12.5. The molecule has 2 nitrogen and oxygen atoms in total. The molecule has 2 aliphatic carbocycles. The molecule has 0 saturated heterocycles. The quantitative estimate of drug-likeness (QED) is 0.170. The van der Waals surface area contributed by atoms with Crippen LogP contribution < -0.4 is 4.90 Å². The summed E-state index contributed by atoms with van der Waals surface area (Å²) in [4.78, 5) is 2.66. The molecule has 52 heavy (non-hydrogen) atoms. The molecule has 0 bridgehead atoms. The Hall–Kier alpha value is -5.86. The van der Waals surface area contributed by atoms with Crippen LogP contribution in [-0.2, 0) is 10.8 Å². The highest BCUT2D eigenvalue weighted by atomic mass is 15.3. The number of aromatic nitrogens is 1. The molecule has 0 amide bonds. The van der Waals surface area contributed by atoms with Crippen LogP contribution in [0.15, 0.2) is 175 Å². The number of hydrogen-bond acceptors (Lipinski definition) is 1. The molecule has 11 rings (SSSR count). The summed E-state index contributed by atoms with van der Waals surface area (Å²) in [6.45, 7) is 9.87. The normalized spacial score (nSPS) is 25.3. The molecule has 0 N–H and O–H groups in total. The van der Waals surface area contributed by atoms with E-state index in [0.717, 1.165) is 0 Å². The van der Waals surface area contributed by atoms with E-state index in [1.807, 2.05) is 0 Å². The van der Waals surface area contributed by atoms with E-state index in [-0.39, 0.29) is 16.4 Å². The smallest absolute Gasteiger partial charge is 0.0906 e. The number of para-hydroxylation sites is 3. The maximum atomic E-state index is 2.66. The Bertz CT molecular complexity index is 2740. The minimum absolute atomic E-state index is 0.224. The van der Waals surface area contributed by atoms with Gasteiger partial charge in [-0.05, 0) is 108 Å². The van der Waals surface area contributed by atoms with Crippen molar-refractivity contribution in [2.75, 3.05) is 4.90 Å². The van der Waals surface area contributed by atoms with Gasteiger partial charge < -0.3 is 9.47 Å². The maximum Gasteiger partial charge on any atom is 0.0906 e. The van der Waals surface area contributed by atoms with Crippen LogP contribution >= 0.6 is 0 Å². The van der Waals surface area contributed by atoms with Crippen molar-refractivity contribution in [2.45, 2.75) is 44.1 Å². The van der Waals surface area contributed by atoms with Crippen LogP contribution in [0, 0.1) is 5.92 Å². The SMILES string of the molecule is CC1C=CC2(C)C3=C1C(C)(c1ccc4c(c1)c1ccccc1n4-c1ccc(-c4ccccc4)cc1)C=C1c4ccccc4N(c4ccccc42)C13C. The van der Waals surface area contributed by atoms with Gasteiger partial charge in [-0.15, -0.1) is 0 Å². The van der Waals surface area contributed by atoms with Gasteiger partial charge in [0.1, 0.15) is 0 Å². The summed E-state index contributed by atoms with van der Waals surface area (Å²) in [5, 5.41) is 2.58. The van der Waals surface area contributed by atoms with Gasteiger partial charge in [0.05, 0.1) is 16.6 Å². The second-order valence-corrected chi connectivity index (χ2v) is 15.8. The zero-order valence-corrected chi connectivity index (χ0v) is 30.1. The molecule has 7 aromatic rings. The van der Waals surface area contributed by atoms with Crippen LogP contribution in [0.2, 0.25) is 0 Å². The van der Waals surface area contributed by atoms with Crippen LogP contribution in [-0.4, -0.2) is 10.1 Å². The first kappa shape index (κ1) is 29.8. The zero-order chi connectivity index (χ0) is 35.0. The van der Waals surface area contributed by atoms with E-state index in [1.165, 1.54) is 77.8 Å². The average Bonchev–Trinajstić information content (AvgIpc) is 3.65. The lowest BCUT2D eigenvalue weighted by atomic mass is 9.51. The van der Waals surface area contributed by atoms with Crippen LogP contribution in [0.25, 0.3) is 44.2 Å². The number of benzene rings is 6. The highest BCUT2D eigenvalue weighted by Crippen LogP contribution is 2.69. The third-order valence-corrected chi connectivity index (χ3v) is 13.1. The summed E-state index contributed by atoms with van der Waals surface area (Å²) in [5.41, 5.74) is 16.5. The summed E-state index contributed by atoms with van der Waals surface area (Å²) >= 11 is 0. The van der Waals surface area contributed by atoms with Crippen molar-refractivity contribution in [3.05, 3.63) is 192 Å². The number of hydrogen-bond donors (Lipinski definition) is 0. The molecule has 0 saturated carbocycles. The summed E-state index contributed by atoms with van der Waals surface area (Å²) in [6.07, 6.45) is 7.65. The largest absolute Gasteiger partial charge is 0.327 e. The first-order valence-corrected chi connectivity index (χ1v) is 18.7. The highest BCUT2D eigenvalue weighted by molar-refractivity contribution is 6.10. The van der Waals surface area contributed by atoms with E-state index >= 15 is 0 Å². The summed E-state index contributed by atoms with van der Waals surface area (Å²) in [5.74, 6) is 0.290. The Morgan fingerprint density at radius 3 is 2.08 bits per heavy atom. The second kappa shape index (κ2) is 10.1. The molecule has 250 valence electrons. The third-order valence-electron chi connectivity index (χ3n) is 13.1. The fourth-order valence-corrected chi connectivity index (χ4v) is 10.8. The maximum absolute atomic E-state index is 2.66. The Labute approximate surface area is 305 Å². The predicted molar refractivity (Wildman–Crippen MR) is 218 cm³/mol. The van der Waals surface area contributed by atoms with Gasteiger partial charge in [-0.3, -0.25) is 0 Å². The molecule has 4 aliphatic rings. The van der Waals surface area contributed by atoms with E-state index in [2.05, 4.69) is 201 Å². The molecule has 3 heterocycles. The van der Waals surface area contributed by atoms with Gasteiger partial charge in [0.15, 0.2) is 0 Å². The van der Waals surface area contributed by atoms with Gasteiger partial charge in [0, 0.05) is 44.2 Å². The number of nitrogens with zero attached hydrogens (tertiary/aromatic N) is 2. The molecule has 0 fully saturated rings. The van der Waals surface area contributed by atoms with E-state index in [1.54, 1.807) is 5.57 Å². The lowest BCUT2D eigenvalue weighted by Gasteiger charge is -2.59. The van der Waals surface area contributed by atoms with E-state index < -0.39 is 0 Å². The average molecular weight is 669 g/mol.